The van der Waals surface area contributed by atoms with E-state index in [2.05, 4.69) is 9.97 Å². The van der Waals surface area contributed by atoms with Crippen LogP contribution in [0.4, 0.5) is 4.39 Å². The quantitative estimate of drug-likeness (QED) is 0.721. The molecular weight excluding hydrogens is 291 g/mol. The van der Waals surface area contributed by atoms with Gasteiger partial charge in [0.15, 0.2) is 0 Å². The summed E-state index contributed by atoms with van der Waals surface area (Å²) in [4.78, 5) is 19.2. The number of imidazole rings is 1. The van der Waals surface area contributed by atoms with Crippen molar-refractivity contribution in [1.82, 2.24) is 9.97 Å². The molecule has 0 radical (unpaired) electrons. The lowest BCUT2D eigenvalue weighted by molar-refractivity contribution is 0.0691. The minimum Gasteiger partial charge on any atom is -0.478 e. The largest absolute Gasteiger partial charge is 0.478 e. The fourth-order valence-corrected chi connectivity index (χ4v) is 2.79. The van der Waals surface area contributed by atoms with Crippen molar-refractivity contribution in [3.8, 4) is 0 Å². The summed E-state index contributed by atoms with van der Waals surface area (Å²) < 4.78 is 13.3. The van der Waals surface area contributed by atoms with Crippen molar-refractivity contribution < 1.29 is 14.3 Å². The van der Waals surface area contributed by atoms with Crippen molar-refractivity contribution in [3.05, 3.63) is 59.7 Å². The van der Waals surface area contributed by atoms with E-state index in [9.17, 15) is 9.18 Å². The zero-order valence-corrected chi connectivity index (χ0v) is 11.7. The molecule has 21 heavy (non-hydrogen) atoms. The zero-order valence-electron chi connectivity index (χ0n) is 10.8. The van der Waals surface area contributed by atoms with Gasteiger partial charge in [-0.3, -0.25) is 0 Å². The monoisotopic (exact) mass is 302 g/mol. The molecule has 0 bridgehead atoms. The number of carboxylic acid groups (broad SMARTS) is 1. The number of aromatic nitrogens is 2. The van der Waals surface area contributed by atoms with Gasteiger partial charge in [0.1, 0.15) is 11.6 Å². The average Bonchev–Trinajstić information content (AvgIpc) is 2.89. The first-order valence-corrected chi connectivity index (χ1v) is 7.21. The van der Waals surface area contributed by atoms with E-state index in [1.54, 1.807) is 6.07 Å². The Hall–Kier alpha value is -2.34. The van der Waals surface area contributed by atoms with Crippen LogP contribution in [0.1, 0.15) is 16.2 Å². The smallest absolute Gasteiger partial charge is 0.338 e. The van der Waals surface area contributed by atoms with E-state index in [4.69, 9.17) is 5.11 Å². The van der Waals surface area contributed by atoms with Crippen LogP contribution < -0.4 is 0 Å². The molecule has 3 aromatic rings. The number of hydrogen-bond donors (Lipinski definition) is 2. The number of carboxylic acids is 1. The molecule has 0 fully saturated rings. The fraction of sp³-hybridized carbons (Fsp3) is 0.0667. The topological polar surface area (TPSA) is 66.0 Å². The highest BCUT2D eigenvalue weighted by molar-refractivity contribution is 7.98. The van der Waals surface area contributed by atoms with Crippen LogP contribution in [-0.2, 0) is 5.75 Å². The van der Waals surface area contributed by atoms with E-state index in [-0.39, 0.29) is 5.56 Å². The van der Waals surface area contributed by atoms with Crippen LogP contribution in [0, 0.1) is 5.82 Å². The first kappa shape index (κ1) is 13.6. The number of aromatic amines is 1. The number of para-hydroxylation sites is 2. The number of hydrogen-bond acceptors (Lipinski definition) is 3. The Morgan fingerprint density at radius 1 is 1.29 bits per heavy atom. The molecule has 4 nitrogen and oxygen atoms in total. The zero-order chi connectivity index (χ0) is 14.8. The number of carbonyl (C=O) groups is 1. The van der Waals surface area contributed by atoms with Gasteiger partial charge in [-0.1, -0.05) is 12.1 Å². The molecule has 3 rings (SSSR count). The predicted molar refractivity (Wildman–Crippen MR) is 79.0 cm³/mol. The van der Waals surface area contributed by atoms with Gasteiger partial charge in [0.05, 0.1) is 22.3 Å². The van der Waals surface area contributed by atoms with E-state index >= 15 is 0 Å². The molecule has 0 atom stereocenters. The van der Waals surface area contributed by atoms with Crippen LogP contribution in [-0.4, -0.2) is 21.0 Å². The summed E-state index contributed by atoms with van der Waals surface area (Å²) in [7, 11) is 0. The lowest BCUT2D eigenvalue weighted by atomic mass is 10.2. The molecule has 0 spiro atoms. The molecule has 0 saturated carbocycles. The van der Waals surface area contributed by atoms with Crippen molar-refractivity contribution >= 4 is 28.8 Å². The van der Waals surface area contributed by atoms with Crippen LogP contribution in [0.15, 0.2) is 47.4 Å². The highest BCUT2D eigenvalue weighted by Crippen LogP contribution is 2.25. The molecule has 2 aromatic carbocycles. The van der Waals surface area contributed by atoms with Crippen LogP contribution in [0.25, 0.3) is 11.0 Å². The van der Waals surface area contributed by atoms with Crippen molar-refractivity contribution in [2.45, 2.75) is 10.6 Å². The Morgan fingerprint density at radius 3 is 2.86 bits per heavy atom. The minimum atomic E-state index is -1.27. The Bertz CT molecular complexity index is 783. The second-order valence-corrected chi connectivity index (χ2v) is 5.48. The van der Waals surface area contributed by atoms with Crippen molar-refractivity contribution in [2.75, 3.05) is 0 Å². The van der Waals surface area contributed by atoms with E-state index < -0.39 is 11.8 Å². The van der Waals surface area contributed by atoms with Crippen molar-refractivity contribution in [1.29, 1.82) is 0 Å². The van der Waals surface area contributed by atoms with Crippen LogP contribution >= 0.6 is 11.8 Å². The highest BCUT2D eigenvalue weighted by Gasteiger charge is 2.11. The Labute approximate surface area is 124 Å². The van der Waals surface area contributed by atoms with Crippen LogP contribution in [0.5, 0.6) is 0 Å². The molecule has 1 aromatic heterocycles. The summed E-state index contributed by atoms with van der Waals surface area (Å²) in [6.07, 6.45) is 0. The number of halogens is 1. The van der Waals surface area contributed by atoms with Gasteiger partial charge in [-0.25, -0.2) is 14.2 Å². The number of rotatable bonds is 4. The summed E-state index contributed by atoms with van der Waals surface area (Å²) in [5.74, 6) is -0.643. The van der Waals surface area contributed by atoms with Gasteiger partial charge >= 0.3 is 5.97 Å². The van der Waals surface area contributed by atoms with Gasteiger partial charge in [-0.15, -0.1) is 11.8 Å². The van der Waals surface area contributed by atoms with E-state index in [1.165, 1.54) is 23.9 Å². The number of H-pyrrole nitrogens is 1. The van der Waals surface area contributed by atoms with Gasteiger partial charge in [0.2, 0.25) is 0 Å². The third-order valence-corrected chi connectivity index (χ3v) is 3.99. The molecular formula is C15H11FN2O2S. The number of fused-ring (bicyclic) bond motifs is 1. The lowest BCUT2D eigenvalue weighted by Crippen LogP contribution is -2.00. The van der Waals surface area contributed by atoms with Crippen LogP contribution in [0.2, 0.25) is 0 Å². The molecule has 106 valence electrons. The summed E-state index contributed by atoms with van der Waals surface area (Å²) in [5, 5.41) is 8.90. The van der Waals surface area contributed by atoms with Gasteiger partial charge in [-0.2, -0.15) is 0 Å². The third-order valence-electron chi connectivity index (χ3n) is 2.98. The maximum atomic E-state index is 13.3. The Morgan fingerprint density at radius 2 is 2.10 bits per heavy atom. The molecule has 0 saturated heterocycles. The minimum absolute atomic E-state index is 0.315. The molecule has 0 aliphatic carbocycles. The molecule has 0 aliphatic heterocycles. The average molecular weight is 302 g/mol. The molecule has 0 unspecified atom stereocenters. The first-order valence-electron chi connectivity index (χ1n) is 6.23. The summed E-state index contributed by atoms with van der Waals surface area (Å²) >= 11 is 1.41. The number of nitrogens with one attached hydrogen (secondary N) is 1. The third kappa shape index (κ3) is 2.90. The van der Waals surface area contributed by atoms with Gasteiger partial charge in [0.25, 0.3) is 0 Å². The molecule has 6 heteroatoms. The summed E-state index contributed by atoms with van der Waals surface area (Å²) in [6.45, 7) is 0. The maximum absolute atomic E-state index is 13.3. The molecule has 0 amide bonds. The van der Waals surface area contributed by atoms with E-state index in [1.807, 2.05) is 24.3 Å². The Balaban J connectivity index is 1.78. The van der Waals surface area contributed by atoms with E-state index in [0.29, 0.717) is 10.6 Å². The molecule has 2 N–H and O–H groups in total. The van der Waals surface area contributed by atoms with E-state index in [0.717, 1.165) is 16.9 Å². The van der Waals surface area contributed by atoms with Crippen molar-refractivity contribution in [3.63, 3.8) is 0 Å². The Kier molecular flexibility index (Phi) is 3.62. The SMILES string of the molecule is O=C(O)c1cc(SCc2nc3ccccc3[nH]2)ccc1F. The van der Waals surface area contributed by atoms with Crippen molar-refractivity contribution in [2.24, 2.45) is 0 Å². The number of benzene rings is 2. The summed E-state index contributed by atoms with van der Waals surface area (Å²) in [5.41, 5.74) is 1.53. The molecule has 1 heterocycles. The standard InChI is InChI=1S/C15H11FN2O2S/c16-11-6-5-9(7-10(11)15(19)20)21-8-14-17-12-3-1-2-4-13(12)18-14/h1-7H,8H2,(H,17,18)(H,19,20). The van der Waals surface area contributed by atoms with Gasteiger partial charge in [-0.05, 0) is 30.3 Å². The fourth-order valence-electron chi connectivity index (χ4n) is 1.98. The first-order chi connectivity index (χ1) is 10.1. The predicted octanol–water partition coefficient (Wildman–Crippen LogP) is 3.69. The summed E-state index contributed by atoms with van der Waals surface area (Å²) in [6, 6.07) is 11.8. The maximum Gasteiger partial charge on any atom is 0.338 e. The second kappa shape index (κ2) is 5.57. The van der Waals surface area contributed by atoms with Gasteiger partial charge < -0.3 is 10.1 Å². The number of nitrogens with zero attached hydrogens (tertiary/aromatic N) is 1. The highest BCUT2D eigenvalue weighted by atomic mass is 32.2. The number of thioether (sulfide) groups is 1. The normalized spacial score (nSPS) is 10.9. The lowest BCUT2D eigenvalue weighted by Gasteiger charge is -2.02. The van der Waals surface area contributed by atoms with Crippen LogP contribution in [0.3, 0.4) is 0 Å². The van der Waals surface area contributed by atoms with Gasteiger partial charge in [0, 0.05) is 4.90 Å². The second-order valence-electron chi connectivity index (χ2n) is 4.44. The molecule has 0 aliphatic rings. The number of aromatic carboxylic acids is 1.